The maximum atomic E-state index is 12.8. The van der Waals surface area contributed by atoms with Crippen LogP contribution in [-0.2, 0) is 16.4 Å². The van der Waals surface area contributed by atoms with Crippen molar-refractivity contribution in [2.24, 2.45) is 0 Å². The maximum absolute atomic E-state index is 12.8. The monoisotopic (exact) mass is 433 g/mol. The predicted octanol–water partition coefficient (Wildman–Crippen LogP) is 4.56. The minimum Gasteiger partial charge on any atom is -0.241 e. The molecule has 0 bridgehead atoms. The molecule has 2 aromatic carbocycles. The van der Waals surface area contributed by atoms with E-state index in [0.29, 0.717) is 13.1 Å². The van der Waals surface area contributed by atoms with Crippen LogP contribution >= 0.6 is 0 Å². The minimum absolute atomic E-state index is 0.241. The van der Waals surface area contributed by atoms with Crippen LogP contribution in [0, 0.1) is 6.92 Å². The Morgan fingerprint density at radius 2 is 1.65 bits per heavy atom. The molecule has 160 valence electrons. The van der Waals surface area contributed by atoms with E-state index in [1.54, 1.807) is 10.4 Å². The quantitative estimate of drug-likeness (QED) is 0.572. The van der Waals surface area contributed by atoms with Crippen molar-refractivity contribution in [2.45, 2.75) is 32.1 Å². The van der Waals surface area contributed by atoms with Gasteiger partial charge < -0.3 is 0 Å². The summed E-state index contributed by atoms with van der Waals surface area (Å²) in [5, 5.41) is 1.32. The van der Waals surface area contributed by atoms with Crippen molar-refractivity contribution in [2.75, 3.05) is 13.1 Å². The standard InChI is InChI=1S/C25H27N3O2S/c1-20-26-19-24(18-22-10-6-3-7-11-22)25(27-20)23-12-15-28(16-13-23)31(29,30)17-14-21-8-4-2-5-9-21/h2-11,14,17,19,23H,12-13,15-16,18H2,1H3/b17-14+. The highest BCUT2D eigenvalue weighted by molar-refractivity contribution is 7.92. The highest BCUT2D eigenvalue weighted by Gasteiger charge is 2.29. The van der Waals surface area contributed by atoms with Crippen LogP contribution in [0.5, 0.6) is 0 Å². The summed E-state index contributed by atoms with van der Waals surface area (Å²) in [6, 6.07) is 19.8. The van der Waals surface area contributed by atoms with Crippen LogP contribution in [0.4, 0.5) is 0 Å². The third kappa shape index (κ3) is 5.46. The molecule has 0 amide bonds. The second-order valence-corrected chi connectivity index (χ2v) is 9.74. The van der Waals surface area contributed by atoms with E-state index < -0.39 is 10.0 Å². The fraction of sp³-hybridized carbons (Fsp3) is 0.280. The molecular formula is C25H27N3O2S. The second kappa shape index (κ2) is 9.54. The van der Waals surface area contributed by atoms with E-state index >= 15 is 0 Å². The Morgan fingerprint density at radius 3 is 2.32 bits per heavy atom. The van der Waals surface area contributed by atoms with Crippen LogP contribution in [0.1, 0.15) is 47.0 Å². The first-order valence-electron chi connectivity index (χ1n) is 10.6. The van der Waals surface area contributed by atoms with Crippen molar-refractivity contribution >= 4 is 16.1 Å². The van der Waals surface area contributed by atoms with E-state index in [4.69, 9.17) is 4.98 Å². The summed E-state index contributed by atoms with van der Waals surface area (Å²) in [6.45, 7) is 2.91. The third-order valence-corrected chi connectivity index (χ3v) is 7.25. The van der Waals surface area contributed by atoms with E-state index in [0.717, 1.165) is 41.9 Å². The molecule has 1 saturated heterocycles. The van der Waals surface area contributed by atoms with Crippen LogP contribution in [0.3, 0.4) is 0 Å². The molecule has 4 rings (SSSR count). The molecule has 1 aromatic heterocycles. The Balaban J connectivity index is 1.46. The van der Waals surface area contributed by atoms with E-state index in [-0.39, 0.29) is 5.92 Å². The summed E-state index contributed by atoms with van der Waals surface area (Å²) in [4.78, 5) is 9.17. The number of hydrogen-bond acceptors (Lipinski definition) is 4. The Labute approximate surface area is 184 Å². The Morgan fingerprint density at radius 1 is 1.00 bits per heavy atom. The highest BCUT2D eigenvalue weighted by atomic mass is 32.2. The molecule has 0 radical (unpaired) electrons. The first-order chi connectivity index (χ1) is 15.0. The number of hydrogen-bond donors (Lipinski definition) is 0. The average Bonchev–Trinajstić information content (AvgIpc) is 2.80. The lowest BCUT2D eigenvalue weighted by atomic mass is 9.90. The van der Waals surface area contributed by atoms with E-state index in [1.807, 2.05) is 61.7 Å². The van der Waals surface area contributed by atoms with Crippen LogP contribution < -0.4 is 0 Å². The molecule has 6 heteroatoms. The zero-order valence-corrected chi connectivity index (χ0v) is 18.5. The number of rotatable bonds is 6. The van der Waals surface area contributed by atoms with Crippen molar-refractivity contribution < 1.29 is 8.42 Å². The molecular weight excluding hydrogens is 406 g/mol. The molecule has 5 nitrogen and oxygen atoms in total. The topological polar surface area (TPSA) is 63.2 Å². The molecule has 0 spiro atoms. The first kappa shape index (κ1) is 21.4. The van der Waals surface area contributed by atoms with Gasteiger partial charge in [-0.2, -0.15) is 4.31 Å². The van der Waals surface area contributed by atoms with Gasteiger partial charge in [0.15, 0.2) is 0 Å². The molecule has 0 N–H and O–H groups in total. The molecule has 3 aromatic rings. The molecule has 31 heavy (non-hydrogen) atoms. The second-order valence-electron chi connectivity index (χ2n) is 7.92. The van der Waals surface area contributed by atoms with Gasteiger partial charge in [-0.1, -0.05) is 60.7 Å². The van der Waals surface area contributed by atoms with Crippen molar-refractivity contribution in [1.29, 1.82) is 0 Å². The number of piperidine rings is 1. The first-order valence-corrected chi connectivity index (χ1v) is 12.1. The van der Waals surface area contributed by atoms with Gasteiger partial charge >= 0.3 is 0 Å². The Bertz CT molecular complexity index is 1140. The Hall–Kier alpha value is -2.83. The summed E-state index contributed by atoms with van der Waals surface area (Å²) in [5.41, 5.74) is 4.29. The van der Waals surface area contributed by atoms with Gasteiger partial charge in [0.1, 0.15) is 5.82 Å². The largest absolute Gasteiger partial charge is 0.241 e. The number of aryl methyl sites for hydroxylation is 1. The molecule has 0 aliphatic carbocycles. The molecule has 0 atom stereocenters. The minimum atomic E-state index is -3.43. The normalized spacial score (nSPS) is 16.0. The smallest absolute Gasteiger partial charge is 0.236 e. The fourth-order valence-electron chi connectivity index (χ4n) is 4.02. The van der Waals surface area contributed by atoms with Crippen molar-refractivity contribution in [1.82, 2.24) is 14.3 Å². The molecule has 2 heterocycles. The van der Waals surface area contributed by atoms with Gasteiger partial charge in [0.05, 0.1) is 5.69 Å². The van der Waals surface area contributed by atoms with E-state index in [2.05, 4.69) is 17.1 Å². The van der Waals surface area contributed by atoms with E-state index in [1.165, 1.54) is 11.0 Å². The molecule has 0 unspecified atom stereocenters. The Kier molecular flexibility index (Phi) is 6.59. The van der Waals surface area contributed by atoms with Gasteiger partial charge in [-0.05, 0) is 42.5 Å². The molecule has 1 aliphatic heterocycles. The number of benzene rings is 2. The number of aromatic nitrogens is 2. The van der Waals surface area contributed by atoms with Crippen LogP contribution in [0.2, 0.25) is 0 Å². The van der Waals surface area contributed by atoms with Gasteiger partial charge in [0, 0.05) is 37.0 Å². The van der Waals surface area contributed by atoms with Crippen molar-refractivity contribution in [3.05, 3.63) is 100 Å². The number of sulfonamides is 1. The van der Waals surface area contributed by atoms with Crippen molar-refractivity contribution in [3.63, 3.8) is 0 Å². The van der Waals surface area contributed by atoms with Crippen LogP contribution in [-0.4, -0.2) is 35.8 Å². The third-order valence-electron chi connectivity index (χ3n) is 5.69. The lowest BCUT2D eigenvalue weighted by Gasteiger charge is -2.31. The number of nitrogens with zero attached hydrogens (tertiary/aromatic N) is 3. The van der Waals surface area contributed by atoms with E-state index in [9.17, 15) is 8.42 Å². The summed E-state index contributed by atoms with van der Waals surface area (Å²) in [6.07, 6.45) is 5.89. The fourth-order valence-corrected chi connectivity index (χ4v) is 5.24. The maximum Gasteiger partial charge on any atom is 0.236 e. The molecule has 1 aliphatic rings. The molecule has 1 fully saturated rings. The molecule has 0 saturated carbocycles. The summed E-state index contributed by atoms with van der Waals surface area (Å²) in [7, 11) is -3.43. The summed E-state index contributed by atoms with van der Waals surface area (Å²) < 4.78 is 27.1. The van der Waals surface area contributed by atoms with Gasteiger partial charge in [-0.25, -0.2) is 18.4 Å². The van der Waals surface area contributed by atoms with Crippen LogP contribution in [0.15, 0.2) is 72.3 Å². The van der Waals surface area contributed by atoms with Gasteiger partial charge in [0.2, 0.25) is 10.0 Å². The summed E-state index contributed by atoms with van der Waals surface area (Å²) in [5.74, 6) is 0.998. The summed E-state index contributed by atoms with van der Waals surface area (Å²) >= 11 is 0. The zero-order valence-electron chi connectivity index (χ0n) is 17.7. The average molecular weight is 434 g/mol. The predicted molar refractivity (Wildman–Crippen MR) is 124 cm³/mol. The lowest BCUT2D eigenvalue weighted by molar-refractivity contribution is 0.318. The SMILES string of the molecule is Cc1ncc(Cc2ccccc2)c(C2CCN(S(=O)(=O)/C=C/c3ccccc3)CC2)n1. The van der Waals surface area contributed by atoms with Crippen molar-refractivity contribution in [3.8, 4) is 0 Å². The van der Waals surface area contributed by atoms with Gasteiger partial charge in [-0.3, -0.25) is 0 Å². The van der Waals surface area contributed by atoms with Gasteiger partial charge in [0.25, 0.3) is 0 Å². The lowest BCUT2D eigenvalue weighted by Crippen LogP contribution is -2.37. The van der Waals surface area contributed by atoms with Gasteiger partial charge in [-0.15, -0.1) is 0 Å². The highest BCUT2D eigenvalue weighted by Crippen LogP contribution is 2.31. The van der Waals surface area contributed by atoms with Crippen LogP contribution in [0.25, 0.3) is 6.08 Å². The zero-order chi connectivity index (χ0) is 21.7.